The molecule has 0 saturated heterocycles. The van der Waals surface area contributed by atoms with Crippen molar-refractivity contribution in [3.63, 3.8) is 0 Å². The van der Waals surface area contributed by atoms with Gasteiger partial charge in [-0.2, -0.15) is 0 Å². The highest BCUT2D eigenvalue weighted by Gasteiger charge is 2.10. The zero-order valence-electron chi connectivity index (χ0n) is 12.3. The molecule has 1 aromatic carbocycles. The average Bonchev–Trinajstić information content (AvgIpc) is 2.39. The lowest BCUT2D eigenvalue weighted by molar-refractivity contribution is -0.122. The van der Waals surface area contributed by atoms with Crippen LogP contribution in [0.1, 0.15) is 32.8 Å². The maximum atomic E-state index is 11.8. The Hall–Kier alpha value is -1.35. The Bertz CT molecular complexity index is 362. The van der Waals surface area contributed by atoms with E-state index in [4.69, 9.17) is 0 Å². The molecule has 1 rings (SSSR count). The van der Waals surface area contributed by atoms with E-state index in [2.05, 4.69) is 36.6 Å². The van der Waals surface area contributed by atoms with Crippen molar-refractivity contribution in [1.29, 1.82) is 0 Å². The first-order valence-corrected chi connectivity index (χ1v) is 7.14. The van der Waals surface area contributed by atoms with Crippen LogP contribution in [0.15, 0.2) is 30.3 Å². The second-order valence-corrected chi connectivity index (χ2v) is 5.38. The summed E-state index contributed by atoms with van der Waals surface area (Å²) in [5, 5.41) is 6.22. The van der Waals surface area contributed by atoms with Crippen LogP contribution in [0.4, 0.5) is 0 Å². The minimum atomic E-state index is -0.129. The Balaban J connectivity index is 2.16. The summed E-state index contributed by atoms with van der Waals surface area (Å²) in [6.07, 6.45) is 1.98. The number of hydrogen-bond acceptors (Lipinski definition) is 2. The molecule has 19 heavy (non-hydrogen) atoms. The molecule has 0 aliphatic heterocycles. The van der Waals surface area contributed by atoms with E-state index >= 15 is 0 Å². The van der Waals surface area contributed by atoms with Gasteiger partial charge in [0.2, 0.25) is 5.91 Å². The molecule has 3 heteroatoms. The predicted molar refractivity (Wildman–Crippen MR) is 80.1 cm³/mol. The van der Waals surface area contributed by atoms with E-state index in [0.717, 1.165) is 25.9 Å². The van der Waals surface area contributed by atoms with Gasteiger partial charge in [-0.05, 0) is 37.8 Å². The normalized spacial score (nSPS) is 12.4. The second-order valence-electron chi connectivity index (χ2n) is 5.38. The van der Waals surface area contributed by atoms with Gasteiger partial charge in [0.25, 0.3) is 0 Å². The minimum absolute atomic E-state index is 0.0914. The molecule has 0 spiro atoms. The molecule has 1 atom stereocenters. The summed E-state index contributed by atoms with van der Waals surface area (Å²) in [4.78, 5) is 11.8. The molecular formula is C16H26N2O. The number of amides is 1. The molecule has 2 N–H and O–H groups in total. The lowest BCUT2D eigenvalue weighted by Crippen LogP contribution is -2.43. The van der Waals surface area contributed by atoms with Crippen LogP contribution >= 0.6 is 0 Å². The molecule has 0 saturated carbocycles. The van der Waals surface area contributed by atoms with Crippen LogP contribution in [0.25, 0.3) is 0 Å². The van der Waals surface area contributed by atoms with Gasteiger partial charge in [-0.25, -0.2) is 0 Å². The summed E-state index contributed by atoms with van der Waals surface area (Å²) < 4.78 is 0. The maximum absolute atomic E-state index is 11.8. The number of nitrogens with one attached hydrogen (secondary N) is 2. The minimum Gasteiger partial charge on any atom is -0.355 e. The Morgan fingerprint density at radius 3 is 2.42 bits per heavy atom. The van der Waals surface area contributed by atoms with Crippen LogP contribution in [0, 0.1) is 5.92 Å². The predicted octanol–water partition coefficient (Wildman–Crippen LogP) is 2.37. The number of rotatable bonds is 8. The summed E-state index contributed by atoms with van der Waals surface area (Å²) in [5.74, 6) is 0.718. The van der Waals surface area contributed by atoms with Gasteiger partial charge in [0, 0.05) is 6.54 Å². The monoisotopic (exact) mass is 262 g/mol. The van der Waals surface area contributed by atoms with Crippen LogP contribution in [-0.2, 0) is 11.2 Å². The zero-order chi connectivity index (χ0) is 14.1. The van der Waals surface area contributed by atoms with Crippen LogP contribution in [0.3, 0.4) is 0 Å². The van der Waals surface area contributed by atoms with Crippen molar-refractivity contribution in [3.05, 3.63) is 35.9 Å². The summed E-state index contributed by atoms with van der Waals surface area (Å²) in [6.45, 7) is 7.82. The van der Waals surface area contributed by atoms with Gasteiger partial charge in [0.15, 0.2) is 0 Å². The third kappa shape index (κ3) is 6.97. The standard InChI is InChI=1S/C16H26N2O/c1-13(2)9-11-18-16(19)14(3)17-12-10-15-7-5-4-6-8-15/h4-8,13-14,17H,9-12H2,1-3H3,(H,18,19). The first-order valence-electron chi connectivity index (χ1n) is 7.14. The van der Waals surface area contributed by atoms with E-state index in [0.29, 0.717) is 5.92 Å². The van der Waals surface area contributed by atoms with Gasteiger partial charge in [-0.3, -0.25) is 4.79 Å². The van der Waals surface area contributed by atoms with Crippen LogP contribution in [-0.4, -0.2) is 25.0 Å². The van der Waals surface area contributed by atoms with E-state index in [1.807, 2.05) is 25.1 Å². The largest absolute Gasteiger partial charge is 0.355 e. The fraction of sp³-hybridized carbons (Fsp3) is 0.562. The lowest BCUT2D eigenvalue weighted by atomic mass is 10.1. The third-order valence-electron chi connectivity index (χ3n) is 3.12. The van der Waals surface area contributed by atoms with E-state index in [-0.39, 0.29) is 11.9 Å². The Morgan fingerprint density at radius 1 is 1.11 bits per heavy atom. The molecule has 106 valence electrons. The first-order chi connectivity index (χ1) is 9.09. The molecule has 0 bridgehead atoms. The summed E-state index contributed by atoms with van der Waals surface area (Å²) in [6, 6.07) is 10.2. The lowest BCUT2D eigenvalue weighted by Gasteiger charge is -2.14. The SMILES string of the molecule is CC(C)CCNC(=O)C(C)NCCc1ccccc1. The van der Waals surface area contributed by atoms with Crippen molar-refractivity contribution in [2.75, 3.05) is 13.1 Å². The number of carbonyl (C=O) groups excluding carboxylic acids is 1. The van der Waals surface area contributed by atoms with Crippen molar-refractivity contribution in [2.45, 2.75) is 39.7 Å². The van der Waals surface area contributed by atoms with Crippen LogP contribution in [0.2, 0.25) is 0 Å². The molecule has 0 radical (unpaired) electrons. The number of hydrogen-bond donors (Lipinski definition) is 2. The van der Waals surface area contributed by atoms with Crippen molar-refractivity contribution < 1.29 is 4.79 Å². The Morgan fingerprint density at radius 2 is 1.79 bits per heavy atom. The van der Waals surface area contributed by atoms with Gasteiger partial charge in [-0.15, -0.1) is 0 Å². The van der Waals surface area contributed by atoms with E-state index in [9.17, 15) is 4.79 Å². The molecule has 0 aromatic heterocycles. The highest BCUT2D eigenvalue weighted by Crippen LogP contribution is 1.99. The van der Waals surface area contributed by atoms with Crippen molar-refractivity contribution in [3.8, 4) is 0 Å². The average molecular weight is 262 g/mol. The molecular weight excluding hydrogens is 236 g/mol. The molecule has 3 nitrogen and oxygen atoms in total. The first kappa shape index (κ1) is 15.7. The smallest absolute Gasteiger partial charge is 0.236 e. The highest BCUT2D eigenvalue weighted by molar-refractivity contribution is 5.81. The maximum Gasteiger partial charge on any atom is 0.236 e. The highest BCUT2D eigenvalue weighted by atomic mass is 16.2. The number of carbonyl (C=O) groups is 1. The van der Waals surface area contributed by atoms with Crippen molar-refractivity contribution in [2.24, 2.45) is 5.92 Å². The van der Waals surface area contributed by atoms with Gasteiger partial charge < -0.3 is 10.6 Å². The Labute approximate surface area is 116 Å². The molecule has 1 unspecified atom stereocenters. The Kier molecular flexibility index (Phi) is 7.19. The van der Waals surface area contributed by atoms with Crippen LogP contribution < -0.4 is 10.6 Å². The van der Waals surface area contributed by atoms with Gasteiger partial charge >= 0.3 is 0 Å². The molecule has 0 heterocycles. The van der Waals surface area contributed by atoms with Gasteiger partial charge in [0.05, 0.1) is 6.04 Å². The summed E-state index contributed by atoms with van der Waals surface area (Å²) in [7, 11) is 0. The van der Waals surface area contributed by atoms with Crippen molar-refractivity contribution >= 4 is 5.91 Å². The van der Waals surface area contributed by atoms with E-state index in [1.165, 1.54) is 5.56 Å². The molecule has 1 aromatic rings. The van der Waals surface area contributed by atoms with E-state index < -0.39 is 0 Å². The van der Waals surface area contributed by atoms with Gasteiger partial charge in [0.1, 0.15) is 0 Å². The zero-order valence-corrected chi connectivity index (χ0v) is 12.3. The molecule has 0 aliphatic rings. The molecule has 1 amide bonds. The fourth-order valence-electron chi connectivity index (χ4n) is 1.81. The third-order valence-corrected chi connectivity index (χ3v) is 3.12. The quantitative estimate of drug-likeness (QED) is 0.755. The fourth-order valence-corrected chi connectivity index (χ4v) is 1.81. The van der Waals surface area contributed by atoms with Crippen molar-refractivity contribution in [1.82, 2.24) is 10.6 Å². The van der Waals surface area contributed by atoms with Gasteiger partial charge in [-0.1, -0.05) is 44.2 Å². The number of benzene rings is 1. The molecule has 0 fully saturated rings. The van der Waals surface area contributed by atoms with Crippen LogP contribution in [0.5, 0.6) is 0 Å². The summed E-state index contributed by atoms with van der Waals surface area (Å²) in [5.41, 5.74) is 1.29. The topological polar surface area (TPSA) is 41.1 Å². The second kappa shape index (κ2) is 8.70. The summed E-state index contributed by atoms with van der Waals surface area (Å²) >= 11 is 0. The van der Waals surface area contributed by atoms with E-state index in [1.54, 1.807) is 0 Å². The molecule has 0 aliphatic carbocycles.